The van der Waals surface area contributed by atoms with Crippen molar-refractivity contribution in [2.24, 2.45) is 5.92 Å². The minimum atomic E-state index is -0.130. The minimum Gasteiger partial charge on any atom is -0.416 e. The summed E-state index contributed by atoms with van der Waals surface area (Å²) >= 11 is 1.21. The second-order valence-corrected chi connectivity index (χ2v) is 7.86. The van der Waals surface area contributed by atoms with Gasteiger partial charge in [-0.05, 0) is 24.3 Å². The number of nitrogens with zero attached hydrogens (tertiary/aromatic N) is 4. The topological polar surface area (TPSA) is 91.6 Å². The van der Waals surface area contributed by atoms with E-state index in [1.54, 1.807) is 6.92 Å². The maximum Gasteiger partial charge on any atom is 0.277 e. The summed E-state index contributed by atoms with van der Waals surface area (Å²) < 4.78 is 5.23. The van der Waals surface area contributed by atoms with Gasteiger partial charge < -0.3 is 19.5 Å². The summed E-state index contributed by atoms with van der Waals surface area (Å²) in [5.41, 5.74) is 1.83. The fourth-order valence-corrected chi connectivity index (χ4v) is 3.57. The highest BCUT2D eigenvalue weighted by Crippen LogP contribution is 2.21. The number of piperazine rings is 1. The quantitative estimate of drug-likeness (QED) is 0.741. The molecule has 1 aromatic heterocycles. The molecule has 3 rings (SSSR count). The van der Waals surface area contributed by atoms with Gasteiger partial charge in [0.2, 0.25) is 17.7 Å². The Hall–Kier alpha value is -2.55. The molecule has 0 unspecified atom stereocenters. The Kier molecular flexibility index (Phi) is 6.56. The molecule has 9 heteroatoms. The van der Waals surface area contributed by atoms with Crippen LogP contribution in [0.25, 0.3) is 0 Å². The number of hydrogen-bond acceptors (Lipinski definition) is 7. The van der Waals surface area contributed by atoms with E-state index in [9.17, 15) is 9.59 Å². The van der Waals surface area contributed by atoms with E-state index in [0.717, 1.165) is 37.6 Å². The molecule has 1 N–H and O–H groups in total. The molecular formula is C19H25N5O3S. The van der Waals surface area contributed by atoms with Crippen molar-refractivity contribution in [1.29, 1.82) is 0 Å². The number of aryl methyl sites for hydroxylation is 1. The van der Waals surface area contributed by atoms with E-state index in [2.05, 4.69) is 20.4 Å². The Morgan fingerprint density at radius 1 is 1.14 bits per heavy atom. The maximum atomic E-state index is 12.1. The van der Waals surface area contributed by atoms with E-state index in [-0.39, 0.29) is 23.5 Å². The largest absolute Gasteiger partial charge is 0.416 e. The molecule has 0 saturated carbocycles. The zero-order valence-corrected chi connectivity index (χ0v) is 17.2. The van der Waals surface area contributed by atoms with Crippen LogP contribution in [0.1, 0.15) is 19.7 Å². The van der Waals surface area contributed by atoms with E-state index in [1.165, 1.54) is 11.8 Å². The van der Waals surface area contributed by atoms with Gasteiger partial charge in [0.15, 0.2) is 0 Å². The molecule has 1 fully saturated rings. The molecule has 2 amide bonds. The van der Waals surface area contributed by atoms with Gasteiger partial charge in [-0.25, -0.2) is 0 Å². The third-order valence-electron chi connectivity index (χ3n) is 4.44. The molecule has 0 bridgehead atoms. The van der Waals surface area contributed by atoms with Crippen molar-refractivity contribution in [2.45, 2.75) is 26.0 Å². The van der Waals surface area contributed by atoms with E-state index in [0.29, 0.717) is 11.1 Å². The number of thioether (sulfide) groups is 1. The second-order valence-electron chi connectivity index (χ2n) is 6.94. The second kappa shape index (κ2) is 9.09. The van der Waals surface area contributed by atoms with Crippen molar-refractivity contribution in [2.75, 3.05) is 42.1 Å². The molecule has 1 aliphatic rings. The first-order valence-corrected chi connectivity index (χ1v) is 10.3. The van der Waals surface area contributed by atoms with Gasteiger partial charge >= 0.3 is 0 Å². The summed E-state index contributed by atoms with van der Waals surface area (Å²) in [5.74, 6) is 0.805. The molecule has 2 heterocycles. The van der Waals surface area contributed by atoms with Crippen LogP contribution in [-0.2, 0) is 9.59 Å². The van der Waals surface area contributed by atoms with Crippen LogP contribution in [0.2, 0.25) is 0 Å². The van der Waals surface area contributed by atoms with Crippen LogP contribution >= 0.6 is 11.8 Å². The Labute approximate surface area is 168 Å². The smallest absolute Gasteiger partial charge is 0.277 e. The molecule has 1 saturated heterocycles. The van der Waals surface area contributed by atoms with Gasteiger partial charge in [-0.2, -0.15) is 0 Å². The number of carbonyl (C=O) groups is 2. The van der Waals surface area contributed by atoms with Gasteiger partial charge in [-0.1, -0.05) is 25.6 Å². The Balaban J connectivity index is 1.47. The maximum absolute atomic E-state index is 12.1. The van der Waals surface area contributed by atoms with Crippen molar-refractivity contribution >= 4 is 35.0 Å². The van der Waals surface area contributed by atoms with Crippen LogP contribution in [0.3, 0.4) is 0 Å². The summed E-state index contributed by atoms with van der Waals surface area (Å²) in [4.78, 5) is 28.3. The van der Waals surface area contributed by atoms with Gasteiger partial charge in [-0.3, -0.25) is 9.59 Å². The van der Waals surface area contributed by atoms with Crippen LogP contribution in [0.15, 0.2) is 33.9 Å². The highest BCUT2D eigenvalue weighted by Gasteiger charge is 2.22. The predicted molar refractivity (Wildman–Crippen MR) is 108 cm³/mol. The van der Waals surface area contributed by atoms with Gasteiger partial charge in [0.1, 0.15) is 0 Å². The first kappa shape index (κ1) is 20.2. The molecule has 8 nitrogen and oxygen atoms in total. The SMILES string of the molecule is Cc1nnc(SCC(=O)Nc2ccc(N3CCN(C(=O)C(C)C)CC3)cc2)o1. The Bertz CT molecular complexity index is 813. The minimum absolute atomic E-state index is 0.0384. The first-order chi connectivity index (χ1) is 13.4. The fraction of sp³-hybridized carbons (Fsp3) is 0.474. The summed E-state index contributed by atoms with van der Waals surface area (Å²) in [6.07, 6.45) is 0. The highest BCUT2D eigenvalue weighted by molar-refractivity contribution is 7.99. The zero-order valence-electron chi connectivity index (χ0n) is 16.3. The van der Waals surface area contributed by atoms with Crippen LogP contribution in [0.4, 0.5) is 11.4 Å². The van der Waals surface area contributed by atoms with Crippen LogP contribution in [0.5, 0.6) is 0 Å². The van der Waals surface area contributed by atoms with Crippen molar-refractivity contribution in [3.63, 3.8) is 0 Å². The van der Waals surface area contributed by atoms with Gasteiger partial charge in [0, 0.05) is 50.4 Å². The van der Waals surface area contributed by atoms with E-state index in [1.807, 2.05) is 43.0 Å². The monoisotopic (exact) mass is 403 g/mol. The molecule has 150 valence electrons. The lowest BCUT2D eigenvalue weighted by Crippen LogP contribution is -2.49. The number of carbonyl (C=O) groups excluding carboxylic acids is 2. The number of amides is 2. The third-order valence-corrected chi connectivity index (χ3v) is 5.25. The summed E-state index contributed by atoms with van der Waals surface area (Å²) in [5, 5.41) is 10.8. The van der Waals surface area contributed by atoms with Crippen molar-refractivity contribution in [3.8, 4) is 0 Å². The van der Waals surface area contributed by atoms with Gasteiger partial charge in [-0.15, -0.1) is 10.2 Å². The lowest BCUT2D eigenvalue weighted by atomic mass is 10.1. The number of rotatable bonds is 6. The van der Waals surface area contributed by atoms with E-state index in [4.69, 9.17) is 4.42 Å². The van der Waals surface area contributed by atoms with Crippen molar-refractivity contribution in [1.82, 2.24) is 15.1 Å². The molecule has 1 aliphatic heterocycles. The molecule has 2 aromatic rings. The lowest BCUT2D eigenvalue weighted by Gasteiger charge is -2.37. The number of nitrogens with one attached hydrogen (secondary N) is 1. The average Bonchev–Trinajstić information content (AvgIpc) is 3.12. The molecule has 0 spiro atoms. The third kappa shape index (κ3) is 5.25. The number of benzene rings is 1. The Morgan fingerprint density at radius 2 is 1.82 bits per heavy atom. The van der Waals surface area contributed by atoms with Crippen molar-refractivity contribution in [3.05, 3.63) is 30.2 Å². The Morgan fingerprint density at radius 3 is 2.39 bits per heavy atom. The molecular weight excluding hydrogens is 378 g/mol. The van der Waals surface area contributed by atoms with Gasteiger partial charge in [0.05, 0.1) is 5.75 Å². The fourth-order valence-electron chi connectivity index (χ4n) is 2.97. The van der Waals surface area contributed by atoms with Crippen LogP contribution in [0, 0.1) is 12.8 Å². The summed E-state index contributed by atoms with van der Waals surface area (Å²) in [6.45, 7) is 8.67. The van der Waals surface area contributed by atoms with E-state index < -0.39 is 0 Å². The molecule has 0 radical (unpaired) electrons. The first-order valence-electron chi connectivity index (χ1n) is 9.29. The molecule has 0 aliphatic carbocycles. The average molecular weight is 404 g/mol. The highest BCUT2D eigenvalue weighted by atomic mass is 32.2. The van der Waals surface area contributed by atoms with Crippen molar-refractivity contribution < 1.29 is 14.0 Å². The predicted octanol–water partition coefficient (Wildman–Crippen LogP) is 2.41. The zero-order chi connectivity index (χ0) is 20.1. The number of hydrogen-bond donors (Lipinski definition) is 1. The molecule has 1 aromatic carbocycles. The van der Waals surface area contributed by atoms with Crippen LogP contribution in [-0.4, -0.2) is 58.8 Å². The number of aromatic nitrogens is 2. The van der Waals surface area contributed by atoms with E-state index >= 15 is 0 Å². The lowest BCUT2D eigenvalue weighted by molar-refractivity contribution is -0.134. The molecule has 0 atom stereocenters. The summed E-state index contributed by atoms with van der Waals surface area (Å²) in [6, 6.07) is 7.76. The summed E-state index contributed by atoms with van der Waals surface area (Å²) in [7, 11) is 0. The van der Waals surface area contributed by atoms with Gasteiger partial charge in [0.25, 0.3) is 5.22 Å². The van der Waals surface area contributed by atoms with Crippen LogP contribution < -0.4 is 10.2 Å². The number of anilines is 2. The normalized spacial score (nSPS) is 14.4. The molecule has 28 heavy (non-hydrogen) atoms. The standard InChI is InChI=1S/C19H25N5O3S/c1-13(2)18(26)24-10-8-23(9-11-24)16-6-4-15(5-7-16)20-17(25)12-28-19-22-21-14(3)27-19/h4-7,13H,8-12H2,1-3H3,(H,20,25).